The highest BCUT2D eigenvalue weighted by atomic mass is 32.2. The smallest absolute Gasteiger partial charge is 0.254 e. The van der Waals surface area contributed by atoms with Gasteiger partial charge in [0.2, 0.25) is 0 Å². The molecule has 1 N–H and O–H groups in total. The predicted octanol–water partition coefficient (Wildman–Crippen LogP) is 1.74. The number of rotatable bonds is 3. The molecule has 66 valence electrons. The standard InChI is InChI=1S/C7H13F2NS/c1-7(8,9)5-11-6-2-3-10-4-6/h6,10H,2-5H2,1H3. The number of halogens is 2. The van der Waals surface area contributed by atoms with Crippen molar-refractivity contribution in [1.82, 2.24) is 5.32 Å². The number of alkyl halides is 2. The molecule has 11 heavy (non-hydrogen) atoms. The largest absolute Gasteiger partial charge is 0.316 e. The van der Waals surface area contributed by atoms with E-state index in [-0.39, 0.29) is 5.75 Å². The Hall–Kier alpha value is 0.170. The minimum absolute atomic E-state index is 0.0423. The average Bonchev–Trinajstić information content (AvgIpc) is 2.32. The molecule has 0 radical (unpaired) electrons. The van der Waals surface area contributed by atoms with Gasteiger partial charge in [-0.25, -0.2) is 8.78 Å². The van der Waals surface area contributed by atoms with E-state index in [2.05, 4.69) is 5.32 Å². The summed E-state index contributed by atoms with van der Waals surface area (Å²) in [5.74, 6) is -2.55. The molecule has 1 unspecified atom stereocenters. The van der Waals surface area contributed by atoms with Crippen LogP contribution in [0.1, 0.15) is 13.3 Å². The zero-order chi connectivity index (χ0) is 8.32. The van der Waals surface area contributed by atoms with E-state index in [1.165, 1.54) is 11.8 Å². The Bertz CT molecular complexity index is 118. The van der Waals surface area contributed by atoms with Crippen LogP contribution in [0.25, 0.3) is 0 Å². The summed E-state index contributed by atoms with van der Waals surface area (Å²) >= 11 is 1.38. The first kappa shape index (κ1) is 9.26. The first-order chi connectivity index (χ1) is 5.08. The van der Waals surface area contributed by atoms with Crippen LogP contribution < -0.4 is 5.32 Å². The molecule has 0 aromatic rings. The quantitative estimate of drug-likeness (QED) is 0.711. The molecular weight excluding hydrogens is 168 g/mol. The van der Waals surface area contributed by atoms with E-state index in [1.54, 1.807) is 0 Å². The molecule has 1 rings (SSSR count). The normalized spacial score (nSPS) is 25.9. The van der Waals surface area contributed by atoms with Crippen molar-refractivity contribution < 1.29 is 8.78 Å². The molecule has 0 bridgehead atoms. The maximum absolute atomic E-state index is 12.3. The van der Waals surface area contributed by atoms with Gasteiger partial charge in [-0.3, -0.25) is 0 Å². The molecule has 0 amide bonds. The lowest BCUT2D eigenvalue weighted by Gasteiger charge is -2.12. The zero-order valence-corrected chi connectivity index (χ0v) is 7.39. The third-order valence-electron chi connectivity index (χ3n) is 1.59. The van der Waals surface area contributed by atoms with E-state index in [0.29, 0.717) is 5.25 Å². The zero-order valence-electron chi connectivity index (χ0n) is 6.57. The molecule has 1 fully saturated rings. The van der Waals surface area contributed by atoms with Crippen LogP contribution in [0.5, 0.6) is 0 Å². The third kappa shape index (κ3) is 3.91. The molecule has 0 aromatic heterocycles. The minimum atomic E-state index is -2.51. The van der Waals surface area contributed by atoms with Crippen LogP contribution in [0.15, 0.2) is 0 Å². The van der Waals surface area contributed by atoms with Crippen LogP contribution in [-0.4, -0.2) is 30.0 Å². The topological polar surface area (TPSA) is 12.0 Å². The molecule has 1 aliphatic heterocycles. The van der Waals surface area contributed by atoms with Gasteiger partial charge in [0.25, 0.3) is 5.92 Å². The van der Waals surface area contributed by atoms with E-state index >= 15 is 0 Å². The molecule has 1 heterocycles. The summed E-state index contributed by atoms with van der Waals surface area (Å²) in [6.07, 6.45) is 1.03. The van der Waals surface area contributed by atoms with Crippen LogP contribution in [0.3, 0.4) is 0 Å². The fraction of sp³-hybridized carbons (Fsp3) is 1.00. The Morgan fingerprint density at radius 1 is 1.64 bits per heavy atom. The number of nitrogens with one attached hydrogen (secondary N) is 1. The van der Waals surface area contributed by atoms with E-state index in [1.807, 2.05) is 0 Å². The molecule has 0 aromatic carbocycles. The molecule has 1 atom stereocenters. The number of hydrogen-bond donors (Lipinski definition) is 1. The molecule has 0 spiro atoms. The van der Waals surface area contributed by atoms with Crippen molar-refractivity contribution in [3.05, 3.63) is 0 Å². The first-order valence-corrected chi connectivity index (χ1v) is 4.83. The lowest BCUT2D eigenvalue weighted by Crippen LogP contribution is -2.17. The Morgan fingerprint density at radius 2 is 2.36 bits per heavy atom. The summed E-state index contributed by atoms with van der Waals surface area (Å²) in [5.41, 5.74) is 0. The van der Waals surface area contributed by atoms with Gasteiger partial charge in [-0.15, -0.1) is 0 Å². The van der Waals surface area contributed by atoms with Crippen LogP contribution in [0, 0.1) is 0 Å². The van der Waals surface area contributed by atoms with Gasteiger partial charge in [-0.05, 0) is 13.0 Å². The molecule has 0 aliphatic carbocycles. The Labute approximate surface area is 69.9 Å². The van der Waals surface area contributed by atoms with Crippen LogP contribution in [0.2, 0.25) is 0 Å². The van der Waals surface area contributed by atoms with Crippen molar-refractivity contribution in [3.63, 3.8) is 0 Å². The van der Waals surface area contributed by atoms with Gasteiger partial charge in [0.1, 0.15) is 0 Å². The van der Waals surface area contributed by atoms with Crippen molar-refractivity contribution >= 4 is 11.8 Å². The molecule has 1 saturated heterocycles. The molecular formula is C7H13F2NS. The summed E-state index contributed by atoms with van der Waals surface area (Å²) in [6, 6.07) is 0. The molecule has 4 heteroatoms. The Balaban J connectivity index is 2.11. The summed E-state index contributed by atoms with van der Waals surface area (Å²) in [7, 11) is 0. The molecule has 0 saturated carbocycles. The van der Waals surface area contributed by atoms with Crippen molar-refractivity contribution in [2.75, 3.05) is 18.8 Å². The van der Waals surface area contributed by atoms with Gasteiger partial charge in [0.05, 0.1) is 5.75 Å². The highest BCUT2D eigenvalue weighted by Crippen LogP contribution is 2.24. The summed E-state index contributed by atoms with van der Waals surface area (Å²) in [5, 5.41) is 3.55. The van der Waals surface area contributed by atoms with Crippen molar-refractivity contribution in [3.8, 4) is 0 Å². The maximum atomic E-state index is 12.3. The third-order valence-corrected chi connectivity index (χ3v) is 3.13. The summed E-state index contributed by atoms with van der Waals surface area (Å²) < 4.78 is 24.7. The van der Waals surface area contributed by atoms with Gasteiger partial charge >= 0.3 is 0 Å². The first-order valence-electron chi connectivity index (χ1n) is 3.78. The summed E-state index contributed by atoms with van der Waals surface area (Å²) in [6.45, 7) is 2.84. The lowest BCUT2D eigenvalue weighted by atomic mass is 10.4. The van der Waals surface area contributed by atoms with E-state index in [9.17, 15) is 8.78 Å². The van der Waals surface area contributed by atoms with Gasteiger partial charge in [-0.2, -0.15) is 11.8 Å². The van der Waals surface area contributed by atoms with Crippen LogP contribution in [0.4, 0.5) is 8.78 Å². The van der Waals surface area contributed by atoms with Gasteiger partial charge < -0.3 is 5.32 Å². The second-order valence-electron chi connectivity index (χ2n) is 3.00. The van der Waals surface area contributed by atoms with E-state index in [4.69, 9.17) is 0 Å². The second kappa shape index (κ2) is 3.72. The fourth-order valence-electron chi connectivity index (χ4n) is 1.03. The van der Waals surface area contributed by atoms with Crippen molar-refractivity contribution in [2.45, 2.75) is 24.5 Å². The minimum Gasteiger partial charge on any atom is -0.316 e. The Morgan fingerprint density at radius 3 is 2.82 bits per heavy atom. The van der Waals surface area contributed by atoms with Gasteiger partial charge in [0.15, 0.2) is 0 Å². The Kier molecular flexibility index (Phi) is 3.13. The van der Waals surface area contributed by atoms with E-state index < -0.39 is 5.92 Å². The van der Waals surface area contributed by atoms with Crippen molar-refractivity contribution in [1.29, 1.82) is 0 Å². The van der Waals surface area contributed by atoms with Crippen LogP contribution in [-0.2, 0) is 0 Å². The highest BCUT2D eigenvalue weighted by molar-refractivity contribution is 8.00. The molecule has 1 aliphatic rings. The van der Waals surface area contributed by atoms with Gasteiger partial charge in [0, 0.05) is 18.7 Å². The average molecular weight is 181 g/mol. The predicted molar refractivity (Wildman–Crippen MR) is 44.4 cm³/mol. The van der Waals surface area contributed by atoms with Crippen LogP contribution >= 0.6 is 11.8 Å². The summed E-state index contributed by atoms with van der Waals surface area (Å²) in [4.78, 5) is 0. The molecule has 1 nitrogen and oxygen atoms in total. The van der Waals surface area contributed by atoms with Gasteiger partial charge in [-0.1, -0.05) is 0 Å². The van der Waals surface area contributed by atoms with Crippen molar-refractivity contribution in [2.24, 2.45) is 0 Å². The SMILES string of the molecule is CC(F)(F)CSC1CCNC1. The highest BCUT2D eigenvalue weighted by Gasteiger charge is 2.24. The number of thioether (sulfide) groups is 1. The second-order valence-corrected chi connectivity index (χ2v) is 4.28. The fourth-order valence-corrected chi connectivity index (χ4v) is 2.08. The van der Waals surface area contributed by atoms with E-state index in [0.717, 1.165) is 26.4 Å². The lowest BCUT2D eigenvalue weighted by molar-refractivity contribution is 0.0491. The maximum Gasteiger partial charge on any atom is 0.254 e. The number of hydrogen-bond acceptors (Lipinski definition) is 2. The monoisotopic (exact) mass is 181 g/mol.